The van der Waals surface area contributed by atoms with Gasteiger partial charge in [-0.3, -0.25) is 0 Å². The number of hydrogen-bond acceptors (Lipinski definition) is 9. The van der Waals surface area contributed by atoms with Gasteiger partial charge in [-0.25, -0.2) is 15.0 Å². The second-order valence-electron chi connectivity index (χ2n) is 6.82. The Morgan fingerprint density at radius 1 is 1.06 bits per heavy atom. The van der Waals surface area contributed by atoms with E-state index in [1.54, 1.807) is 12.4 Å². The second-order valence-corrected chi connectivity index (χ2v) is 6.82. The highest BCUT2D eigenvalue weighted by molar-refractivity contribution is 5.99. The average molecular weight is 417 g/mol. The van der Waals surface area contributed by atoms with Gasteiger partial charge in [0.25, 0.3) is 5.90 Å². The quantitative estimate of drug-likeness (QED) is 0.213. The van der Waals surface area contributed by atoms with Crippen LogP contribution in [0.25, 0.3) is 17.0 Å². The Labute approximate surface area is 180 Å². The molecule has 31 heavy (non-hydrogen) atoms. The fraction of sp³-hybridized carbons (Fsp3) is 0.182. The van der Waals surface area contributed by atoms with Gasteiger partial charge in [-0.1, -0.05) is 36.9 Å². The highest BCUT2D eigenvalue weighted by Crippen LogP contribution is 2.23. The number of benzene rings is 1. The summed E-state index contributed by atoms with van der Waals surface area (Å²) in [5, 5.41) is 3.71. The van der Waals surface area contributed by atoms with Crippen LogP contribution in [0.4, 0.5) is 11.6 Å². The van der Waals surface area contributed by atoms with Crippen LogP contribution in [0.5, 0.6) is 0 Å². The maximum atomic E-state index is 6.03. The minimum absolute atomic E-state index is 0.0265. The lowest BCUT2D eigenvalue weighted by Crippen LogP contribution is -2.36. The van der Waals surface area contributed by atoms with Crippen LogP contribution in [0.2, 0.25) is 0 Å². The lowest BCUT2D eigenvalue weighted by molar-refractivity contribution is 0.122. The van der Waals surface area contributed by atoms with E-state index in [1.165, 1.54) is 0 Å². The summed E-state index contributed by atoms with van der Waals surface area (Å²) in [6, 6.07) is 13.3. The summed E-state index contributed by atoms with van der Waals surface area (Å²) in [4.78, 5) is 15.5. The monoisotopic (exact) mass is 417 g/mol. The Hall–Kier alpha value is -3.98. The molecule has 1 aliphatic heterocycles. The molecule has 0 unspecified atom stereocenters. The summed E-state index contributed by atoms with van der Waals surface area (Å²) in [7, 11) is 0. The summed E-state index contributed by atoms with van der Waals surface area (Å²) < 4.78 is 11.1. The van der Waals surface area contributed by atoms with Gasteiger partial charge in [0, 0.05) is 30.4 Å². The van der Waals surface area contributed by atoms with E-state index < -0.39 is 0 Å². The van der Waals surface area contributed by atoms with Gasteiger partial charge in [0.05, 0.1) is 25.1 Å². The number of pyridine rings is 1. The van der Waals surface area contributed by atoms with Crippen LogP contribution in [-0.4, -0.2) is 47.2 Å². The summed E-state index contributed by atoms with van der Waals surface area (Å²) in [6.45, 7) is 6.96. The molecular weight excluding hydrogens is 394 g/mol. The van der Waals surface area contributed by atoms with Gasteiger partial charge < -0.3 is 25.9 Å². The van der Waals surface area contributed by atoms with Gasteiger partial charge in [0.1, 0.15) is 11.6 Å². The fourth-order valence-corrected chi connectivity index (χ4v) is 3.15. The lowest BCUT2D eigenvalue weighted by Gasteiger charge is -2.27. The van der Waals surface area contributed by atoms with Crippen LogP contribution < -0.4 is 16.5 Å². The Bertz CT molecular complexity index is 1080. The number of hydrazone groups is 1. The van der Waals surface area contributed by atoms with E-state index in [2.05, 4.69) is 31.5 Å². The van der Waals surface area contributed by atoms with Gasteiger partial charge in [-0.05, 0) is 12.1 Å². The van der Waals surface area contributed by atoms with E-state index in [9.17, 15) is 0 Å². The fourth-order valence-electron chi connectivity index (χ4n) is 3.15. The number of morpholine rings is 1. The summed E-state index contributed by atoms with van der Waals surface area (Å²) in [5.41, 5.74) is 8.39. The van der Waals surface area contributed by atoms with E-state index in [1.807, 2.05) is 42.5 Å². The van der Waals surface area contributed by atoms with Crippen LogP contribution in [0.1, 0.15) is 11.3 Å². The molecule has 3 aromatic rings. The third-order valence-electron chi connectivity index (χ3n) is 4.81. The first-order chi connectivity index (χ1) is 15.2. The van der Waals surface area contributed by atoms with Crippen LogP contribution in [0.15, 0.2) is 66.5 Å². The molecule has 9 nitrogen and oxygen atoms in total. The number of nitrogens with two attached hydrogens (primary N) is 2. The summed E-state index contributed by atoms with van der Waals surface area (Å²) in [6.07, 6.45) is 3.32. The maximum absolute atomic E-state index is 6.03. The van der Waals surface area contributed by atoms with Crippen molar-refractivity contribution >= 4 is 23.3 Å². The Kier molecular flexibility index (Phi) is 6.04. The standard InChI is InChI=1S/C22H23N7O2/c1-15(16-5-3-2-4-6-16)31-22(28-24)20-21(23)26-14-18(27-20)17-7-8-19(25-13-17)29-9-11-30-12-10-29/h2-8,13-14H,1,9-12,24H2,(H2,23,26)/b28-22-. The van der Waals surface area contributed by atoms with E-state index in [0.717, 1.165) is 30.0 Å². The number of ether oxygens (including phenoxy) is 2. The molecule has 158 valence electrons. The molecule has 1 aromatic carbocycles. The highest BCUT2D eigenvalue weighted by Gasteiger charge is 2.17. The maximum Gasteiger partial charge on any atom is 0.265 e. The zero-order valence-electron chi connectivity index (χ0n) is 16.9. The largest absolute Gasteiger partial charge is 0.436 e. The third-order valence-corrected chi connectivity index (χ3v) is 4.81. The average Bonchev–Trinajstić information content (AvgIpc) is 2.84. The number of hydrogen-bond donors (Lipinski definition) is 2. The van der Waals surface area contributed by atoms with Gasteiger partial charge in [-0.2, -0.15) is 0 Å². The molecule has 0 amide bonds. The number of rotatable bonds is 5. The summed E-state index contributed by atoms with van der Waals surface area (Å²) >= 11 is 0. The molecule has 9 heteroatoms. The van der Waals surface area contributed by atoms with Crippen molar-refractivity contribution in [3.8, 4) is 11.3 Å². The minimum atomic E-state index is 0.0265. The van der Waals surface area contributed by atoms with Gasteiger partial charge in [0.15, 0.2) is 11.5 Å². The summed E-state index contributed by atoms with van der Waals surface area (Å²) in [5.74, 6) is 6.99. The molecule has 0 spiro atoms. The number of nitrogen functional groups attached to an aromatic ring is 1. The first-order valence-corrected chi connectivity index (χ1v) is 9.78. The van der Waals surface area contributed by atoms with Crippen LogP contribution in [0.3, 0.4) is 0 Å². The van der Waals surface area contributed by atoms with Crippen LogP contribution in [0, 0.1) is 0 Å². The van der Waals surface area contributed by atoms with E-state index in [4.69, 9.17) is 21.1 Å². The molecule has 0 radical (unpaired) electrons. The predicted molar refractivity (Wildman–Crippen MR) is 120 cm³/mol. The molecule has 0 saturated carbocycles. The molecule has 1 saturated heterocycles. The highest BCUT2D eigenvalue weighted by atomic mass is 16.5. The van der Waals surface area contributed by atoms with Crippen molar-refractivity contribution < 1.29 is 9.47 Å². The number of aromatic nitrogens is 3. The van der Waals surface area contributed by atoms with Crippen molar-refractivity contribution in [3.05, 3.63) is 72.7 Å². The van der Waals surface area contributed by atoms with E-state index >= 15 is 0 Å². The Balaban J connectivity index is 1.56. The third kappa shape index (κ3) is 4.62. The van der Waals surface area contributed by atoms with Crippen molar-refractivity contribution in [1.82, 2.24) is 15.0 Å². The zero-order chi connectivity index (χ0) is 21.6. The van der Waals surface area contributed by atoms with Crippen LogP contribution >= 0.6 is 0 Å². The van der Waals surface area contributed by atoms with E-state index in [-0.39, 0.29) is 17.4 Å². The van der Waals surface area contributed by atoms with Gasteiger partial charge in [0.2, 0.25) is 0 Å². The Morgan fingerprint density at radius 2 is 1.84 bits per heavy atom. The molecule has 4 rings (SSSR count). The van der Waals surface area contributed by atoms with Gasteiger partial charge >= 0.3 is 0 Å². The smallest absolute Gasteiger partial charge is 0.265 e. The minimum Gasteiger partial charge on any atom is -0.436 e. The number of anilines is 2. The first-order valence-electron chi connectivity index (χ1n) is 9.78. The normalized spacial score (nSPS) is 14.3. The van der Waals surface area contributed by atoms with Crippen molar-refractivity contribution in [1.29, 1.82) is 0 Å². The van der Waals surface area contributed by atoms with Crippen molar-refractivity contribution in [2.75, 3.05) is 36.9 Å². The van der Waals surface area contributed by atoms with Crippen LogP contribution in [-0.2, 0) is 9.47 Å². The van der Waals surface area contributed by atoms with Gasteiger partial charge in [-0.15, -0.1) is 5.10 Å². The molecule has 0 aliphatic carbocycles. The molecular formula is C22H23N7O2. The Morgan fingerprint density at radius 3 is 2.52 bits per heavy atom. The lowest BCUT2D eigenvalue weighted by atomic mass is 10.2. The zero-order valence-corrected chi connectivity index (χ0v) is 16.9. The first kappa shape index (κ1) is 20.3. The molecule has 0 bridgehead atoms. The SMILES string of the molecule is C=C(O/C(=N\N)c1nc(-c2ccc(N3CCOCC3)nc2)cnc1N)c1ccccc1. The molecule has 0 atom stereocenters. The second kappa shape index (κ2) is 9.23. The molecule has 1 fully saturated rings. The van der Waals surface area contributed by atoms with E-state index in [0.29, 0.717) is 24.7 Å². The van der Waals surface area contributed by atoms with Crippen molar-refractivity contribution in [2.24, 2.45) is 10.9 Å². The molecule has 2 aromatic heterocycles. The molecule has 1 aliphatic rings. The topological polar surface area (TPSA) is 125 Å². The molecule has 4 N–H and O–H groups in total. The number of nitrogens with zero attached hydrogens (tertiary/aromatic N) is 5. The predicted octanol–water partition coefficient (Wildman–Crippen LogP) is 2.27. The van der Waals surface area contributed by atoms with Crippen molar-refractivity contribution in [3.63, 3.8) is 0 Å². The van der Waals surface area contributed by atoms with Crippen molar-refractivity contribution in [2.45, 2.75) is 0 Å². The molecule has 3 heterocycles.